The molecule has 0 bridgehead atoms. The van der Waals surface area contributed by atoms with Crippen molar-refractivity contribution in [1.82, 2.24) is 10.2 Å². The van der Waals surface area contributed by atoms with E-state index in [4.69, 9.17) is 4.99 Å². The Hall–Kier alpha value is -2.18. The molecule has 1 aromatic carbocycles. The summed E-state index contributed by atoms with van der Waals surface area (Å²) in [4.78, 5) is 21.0. The molecular weight excluding hydrogens is 368 g/mol. The van der Waals surface area contributed by atoms with Gasteiger partial charge in [0.05, 0.1) is 17.5 Å². The quantitative estimate of drug-likeness (QED) is 0.814. The number of hydrogen-bond donors (Lipinski definition) is 2. The molecule has 1 saturated heterocycles. The number of hydrogen-bond acceptors (Lipinski definition) is 4. The van der Waals surface area contributed by atoms with E-state index < -0.39 is 0 Å². The first-order valence-electron chi connectivity index (χ1n) is 9.85. The van der Waals surface area contributed by atoms with Crippen LogP contribution in [0.3, 0.4) is 0 Å². The number of thiophene rings is 1. The summed E-state index contributed by atoms with van der Waals surface area (Å²) in [7, 11) is 0. The summed E-state index contributed by atoms with van der Waals surface area (Å²) in [5.74, 6) is 1.13. The fourth-order valence-electron chi connectivity index (χ4n) is 3.90. The second-order valence-electron chi connectivity index (χ2n) is 8.67. The van der Waals surface area contributed by atoms with E-state index in [1.54, 1.807) is 11.3 Å². The van der Waals surface area contributed by atoms with Gasteiger partial charge in [-0.3, -0.25) is 15.1 Å². The highest BCUT2D eigenvalue weighted by Gasteiger charge is 2.45. The lowest BCUT2D eigenvalue weighted by Crippen LogP contribution is -2.56. The summed E-state index contributed by atoms with van der Waals surface area (Å²) in [5.41, 5.74) is 1.78. The minimum atomic E-state index is -0.336. The Morgan fingerprint density at radius 3 is 2.82 bits per heavy atom. The molecule has 3 heterocycles. The Labute approximate surface area is 170 Å². The van der Waals surface area contributed by atoms with E-state index in [1.165, 1.54) is 5.56 Å². The average molecular weight is 397 g/mol. The highest BCUT2D eigenvalue weighted by molar-refractivity contribution is 7.10. The number of amidine groups is 1. The summed E-state index contributed by atoms with van der Waals surface area (Å²) in [5, 5.41) is 9.37. The highest BCUT2D eigenvalue weighted by atomic mass is 32.1. The highest BCUT2D eigenvalue weighted by Crippen LogP contribution is 2.31. The fraction of sp³-hybridized carbons (Fsp3) is 0.455. The van der Waals surface area contributed by atoms with Crippen molar-refractivity contribution in [3.05, 3.63) is 52.2 Å². The monoisotopic (exact) mass is 396 g/mol. The van der Waals surface area contributed by atoms with Crippen LogP contribution in [0.15, 0.2) is 46.8 Å². The van der Waals surface area contributed by atoms with Gasteiger partial charge < -0.3 is 10.2 Å². The van der Waals surface area contributed by atoms with Gasteiger partial charge in [-0.15, -0.1) is 11.3 Å². The van der Waals surface area contributed by atoms with E-state index in [9.17, 15) is 4.79 Å². The minimum absolute atomic E-state index is 0.193. The Balaban J connectivity index is 1.61. The van der Waals surface area contributed by atoms with E-state index in [2.05, 4.69) is 49.6 Å². The summed E-state index contributed by atoms with van der Waals surface area (Å²) in [6.07, 6.45) is 1.34. The zero-order valence-corrected chi connectivity index (χ0v) is 17.6. The molecule has 1 fully saturated rings. The van der Waals surface area contributed by atoms with Crippen LogP contribution in [0.4, 0.5) is 5.69 Å². The lowest BCUT2D eigenvalue weighted by molar-refractivity contribution is -0.129. The van der Waals surface area contributed by atoms with Crippen molar-refractivity contribution >= 4 is 28.8 Å². The number of fused-ring (bicyclic) bond motifs is 1. The van der Waals surface area contributed by atoms with Crippen LogP contribution in [0.5, 0.6) is 0 Å². The number of para-hydroxylation sites is 1. The van der Waals surface area contributed by atoms with Crippen LogP contribution in [0.2, 0.25) is 0 Å². The number of likely N-dealkylation sites (tertiary alicyclic amines) is 1. The van der Waals surface area contributed by atoms with Gasteiger partial charge in [0.15, 0.2) is 0 Å². The number of amides is 1. The maximum Gasteiger partial charge on any atom is 0.227 e. The van der Waals surface area contributed by atoms with E-state index >= 15 is 0 Å². The van der Waals surface area contributed by atoms with Gasteiger partial charge in [-0.2, -0.15) is 0 Å². The normalized spacial score (nSPS) is 23.5. The Bertz CT molecular complexity index is 884. The second kappa shape index (κ2) is 7.33. The van der Waals surface area contributed by atoms with Crippen molar-refractivity contribution in [2.45, 2.75) is 51.2 Å². The first kappa shape index (κ1) is 19.2. The molecule has 2 aliphatic rings. The molecular formula is C22H28N4OS. The predicted octanol–water partition coefficient (Wildman–Crippen LogP) is 3.67. The van der Waals surface area contributed by atoms with Crippen LogP contribution in [0.1, 0.15) is 37.6 Å². The van der Waals surface area contributed by atoms with E-state index in [-0.39, 0.29) is 17.0 Å². The topological polar surface area (TPSA) is 56.7 Å². The summed E-state index contributed by atoms with van der Waals surface area (Å²) >= 11 is 1.64. The van der Waals surface area contributed by atoms with Gasteiger partial charge in [0.1, 0.15) is 5.84 Å². The van der Waals surface area contributed by atoms with Crippen LogP contribution in [0.25, 0.3) is 0 Å². The van der Waals surface area contributed by atoms with E-state index in [0.717, 1.165) is 35.9 Å². The zero-order valence-electron chi connectivity index (χ0n) is 16.8. The Morgan fingerprint density at radius 1 is 1.25 bits per heavy atom. The molecule has 4 rings (SSSR count). The first-order chi connectivity index (χ1) is 13.3. The van der Waals surface area contributed by atoms with Crippen LogP contribution < -0.4 is 10.6 Å². The molecule has 0 aliphatic carbocycles. The number of carbonyl (C=O) groups excluding carboxylic acids is 1. The summed E-state index contributed by atoms with van der Waals surface area (Å²) < 4.78 is 0. The third-order valence-corrected chi connectivity index (χ3v) is 6.19. The molecule has 1 spiro atoms. The van der Waals surface area contributed by atoms with E-state index in [0.29, 0.717) is 13.0 Å². The number of aliphatic imine (C=N–C) groups is 1. The zero-order chi connectivity index (χ0) is 19.8. The van der Waals surface area contributed by atoms with Crippen molar-refractivity contribution in [1.29, 1.82) is 0 Å². The molecule has 1 atom stereocenters. The molecule has 0 unspecified atom stereocenters. The molecule has 2 aromatic rings. The van der Waals surface area contributed by atoms with Crippen molar-refractivity contribution in [2.24, 2.45) is 4.99 Å². The standard InChI is InChI=1S/C22H28N4OS/c1-21(2,3)25-20-22(23-14-16-7-4-5-9-18(16)24-20)10-11-26(15-22)19(27)13-17-8-6-12-28-17/h4-9,12,23H,10-11,13-15H2,1-3H3,(H,24,25)/t22-/m1/s1. The number of rotatable bonds is 2. The van der Waals surface area contributed by atoms with Crippen molar-refractivity contribution < 1.29 is 4.79 Å². The summed E-state index contributed by atoms with van der Waals surface area (Å²) in [6.45, 7) is 8.49. The van der Waals surface area contributed by atoms with Gasteiger partial charge in [-0.05, 0) is 50.3 Å². The van der Waals surface area contributed by atoms with Crippen molar-refractivity contribution in [2.75, 3.05) is 18.4 Å². The van der Waals surface area contributed by atoms with Crippen LogP contribution in [0, 0.1) is 0 Å². The van der Waals surface area contributed by atoms with E-state index in [1.807, 2.05) is 28.5 Å². The number of carbonyl (C=O) groups is 1. The maximum absolute atomic E-state index is 12.9. The number of anilines is 1. The SMILES string of the molecule is CC(C)(C)N=C1Nc2ccccc2CN[C@@]12CCN(C(=O)Cc1cccs1)C2. The molecule has 28 heavy (non-hydrogen) atoms. The van der Waals surface area contributed by atoms with Crippen LogP contribution in [-0.2, 0) is 17.8 Å². The number of nitrogens with zero attached hydrogens (tertiary/aromatic N) is 2. The molecule has 1 amide bonds. The molecule has 2 N–H and O–H groups in total. The predicted molar refractivity (Wildman–Crippen MR) is 116 cm³/mol. The van der Waals surface area contributed by atoms with Gasteiger partial charge in [0.2, 0.25) is 5.91 Å². The van der Waals surface area contributed by atoms with Crippen molar-refractivity contribution in [3.8, 4) is 0 Å². The number of benzene rings is 1. The van der Waals surface area contributed by atoms with Gasteiger partial charge in [0, 0.05) is 30.2 Å². The van der Waals surface area contributed by atoms with Gasteiger partial charge in [0.25, 0.3) is 0 Å². The lowest BCUT2D eigenvalue weighted by atomic mass is 9.95. The lowest BCUT2D eigenvalue weighted by Gasteiger charge is -2.32. The molecule has 148 valence electrons. The molecule has 0 saturated carbocycles. The van der Waals surface area contributed by atoms with Crippen LogP contribution >= 0.6 is 11.3 Å². The third kappa shape index (κ3) is 3.98. The maximum atomic E-state index is 12.9. The Morgan fingerprint density at radius 2 is 2.07 bits per heavy atom. The van der Waals surface area contributed by atoms with Gasteiger partial charge >= 0.3 is 0 Å². The number of nitrogens with one attached hydrogen (secondary N) is 2. The van der Waals surface area contributed by atoms with Gasteiger partial charge in [-0.1, -0.05) is 24.3 Å². The second-order valence-corrected chi connectivity index (χ2v) is 9.70. The summed E-state index contributed by atoms with van der Waals surface area (Å²) in [6, 6.07) is 12.4. The average Bonchev–Trinajstić information content (AvgIpc) is 3.27. The molecule has 2 aliphatic heterocycles. The Kier molecular flexibility index (Phi) is 5.02. The smallest absolute Gasteiger partial charge is 0.227 e. The third-order valence-electron chi connectivity index (χ3n) is 5.32. The first-order valence-corrected chi connectivity index (χ1v) is 10.7. The van der Waals surface area contributed by atoms with Gasteiger partial charge in [-0.25, -0.2) is 0 Å². The fourth-order valence-corrected chi connectivity index (χ4v) is 4.59. The van der Waals surface area contributed by atoms with Crippen LogP contribution in [-0.4, -0.2) is 40.8 Å². The minimum Gasteiger partial charge on any atom is -0.342 e. The molecule has 6 heteroatoms. The molecule has 0 radical (unpaired) electrons. The molecule has 1 aromatic heterocycles. The van der Waals surface area contributed by atoms with Crippen molar-refractivity contribution in [3.63, 3.8) is 0 Å². The molecule has 5 nitrogen and oxygen atoms in total. The largest absolute Gasteiger partial charge is 0.342 e.